The van der Waals surface area contributed by atoms with Crippen LogP contribution in [-0.2, 0) is 13.2 Å². The minimum atomic E-state index is 0. The van der Waals surface area contributed by atoms with Crippen molar-refractivity contribution >= 4 is 35.6 Å². The van der Waals surface area contributed by atoms with E-state index in [4.69, 9.17) is 32.7 Å². The summed E-state index contributed by atoms with van der Waals surface area (Å²) >= 11 is 12.2. The molecule has 0 aliphatic carbocycles. The molecule has 0 heterocycles. The SMILES string of the molecule is CCOc1cc(CNC(C)(C)CC)ccc1OCc1ccc(Cl)cc1Cl.Cl. The van der Waals surface area contributed by atoms with Crippen LogP contribution in [0, 0.1) is 0 Å². The third-order valence-corrected chi connectivity index (χ3v) is 4.95. The van der Waals surface area contributed by atoms with Crippen molar-refractivity contribution in [1.82, 2.24) is 5.32 Å². The van der Waals surface area contributed by atoms with Crippen molar-refractivity contribution in [1.29, 1.82) is 0 Å². The first-order chi connectivity index (χ1) is 12.3. The molecule has 27 heavy (non-hydrogen) atoms. The van der Waals surface area contributed by atoms with E-state index >= 15 is 0 Å². The van der Waals surface area contributed by atoms with Crippen LogP contribution in [0.2, 0.25) is 10.0 Å². The van der Waals surface area contributed by atoms with Gasteiger partial charge in [0.2, 0.25) is 0 Å². The van der Waals surface area contributed by atoms with Crippen LogP contribution in [0.15, 0.2) is 36.4 Å². The molecule has 1 N–H and O–H groups in total. The summed E-state index contributed by atoms with van der Waals surface area (Å²) < 4.78 is 11.7. The fourth-order valence-corrected chi connectivity index (χ4v) is 2.77. The first kappa shape index (κ1) is 23.9. The normalized spacial score (nSPS) is 11.0. The highest BCUT2D eigenvalue weighted by atomic mass is 35.5. The maximum atomic E-state index is 6.22. The quantitative estimate of drug-likeness (QED) is 0.480. The first-order valence-electron chi connectivity index (χ1n) is 8.92. The van der Waals surface area contributed by atoms with Gasteiger partial charge in [-0.15, -0.1) is 12.4 Å². The molecular weight excluding hydrogens is 405 g/mol. The van der Waals surface area contributed by atoms with Crippen LogP contribution in [0.25, 0.3) is 0 Å². The van der Waals surface area contributed by atoms with Gasteiger partial charge in [0.1, 0.15) is 6.61 Å². The molecule has 6 heteroatoms. The molecule has 0 aliphatic heterocycles. The molecular formula is C21H28Cl3NO2. The van der Waals surface area contributed by atoms with E-state index in [1.165, 1.54) is 0 Å². The van der Waals surface area contributed by atoms with Crippen LogP contribution in [0.5, 0.6) is 11.5 Å². The third kappa shape index (κ3) is 7.42. The Morgan fingerprint density at radius 2 is 1.70 bits per heavy atom. The van der Waals surface area contributed by atoms with Crippen molar-refractivity contribution in [2.45, 2.75) is 52.8 Å². The summed E-state index contributed by atoms with van der Waals surface area (Å²) in [6.07, 6.45) is 1.06. The molecule has 0 spiro atoms. The van der Waals surface area contributed by atoms with Gasteiger partial charge in [0.05, 0.1) is 6.61 Å². The van der Waals surface area contributed by atoms with Gasteiger partial charge in [0, 0.05) is 27.7 Å². The highest BCUT2D eigenvalue weighted by molar-refractivity contribution is 6.35. The van der Waals surface area contributed by atoms with Crippen molar-refractivity contribution < 1.29 is 9.47 Å². The van der Waals surface area contributed by atoms with E-state index in [2.05, 4.69) is 32.2 Å². The largest absolute Gasteiger partial charge is 0.490 e. The van der Waals surface area contributed by atoms with Gasteiger partial charge in [-0.2, -0.15) is 0 Å². The summed E-state index contributed by atoms with van der Waals surface area (Å²) in [5.74, 6) is 1.45. The lowest BCUT2D eigenvalue weighted by Gasteiger charge is -2.25. The lowest BCUT2D eigenvalue weighted by Crippen LogP contribution is -2.37. The zero-order chi connectivity index (χ0) is 19.2. The Labute approximate surface area is 178 Å². The Balaban J connectivity index is 0.00000364. The first-order valence-corrected chi connectivity index (χ1v) is 9.67. The molecule has 0 radical (unpaired) electrons. The zero-order valence-electron chi connectivity index (χ0n) is 16.3. The Hall–Kier alpha value is -1.13. The fourth-order valence-electron chi connectivity index (χ4n) is 2.31. The lowest BCUT2D eigenvalue weighted by atomic mass is 10.0. The van der Waals surface area contributed by atoms with Crippen molar-refractivity contribution in [2.75, 3.05) is 6.61 Å². The number of hydrogen-bond acceptors (Lipinski definition) is 3. The van der Waals surface area contributed by atoms with Crippen LogP contribution in [-0.4, -0.2) is 12.1 Å². The number of rotatable bonds is 9. The minimum Gasteiger partial charge on any atom is -0.490 e. The van der Waals surface area contributed by atoms with Gasteiger partial charge < -0.3 is 14.8 Å². The topological polar surface area (TPSA) is 30.5 Å². The Bertz CT molecular complexity index is 735. The maximum Gasteiger partial charge on any atom is 0.161 e. The lowest BCUT2D eigenvalue weighted by molar-refractivity contribution is 0.269. The summed E-state index contributed by atoms with van der Waals surface area (Å²) in [6, 6.07) is 11.4. The van der Waals surface area contributed by atoms with Gasteiger partial charge in [0.15, 0.2) is 11.5 Å². The summed E-state index contributed by atoms with van der Waals surface area (Å²) in [5, 5.41) is 4.77. The van der Waals surface area contributed by atoms with Crippen LogP contribution >= 0.6 is 35.6 Å². The molecule has 0 bridgehead atoms. The molecule has 150 valence electrons. The second-order valence-electron chi connectivity index (χ2n) is 6.83. The Kier molecular flexibility index (Phi) is 9.75. The van der Waals surface area contributed by atoms with Crippen LogP contribution in [0.1, 0.15) is 45.2 Å². The molecule has 0 amide bonds. The van der Waals surface area contributed by atoms with Gasteiger partial charge in [-0.05, 0) is 57.0 Å². The molecule has 0 unspecified atom stereocenters. The van der Waals surface area contributed by atoms with E-state index in [0.29, 0.717) is 29.0 Å². The van der Waals surface area contributed by atoms with Crippen LogP contribution < -0.4 is 14.8 Å². The average molecular weight is 433 g/mol. The highest BCUT2D eigenvalue weighted by Crippen LogP contribution is 2.30. The van der Waals surface area contributed by atoms with E-state index in [1.807, 2.05) is 25.1 Å². The Morgan fingerprint density at radius 3 is 2.33 bits per heavy atom. The summed E-state index contributed by atoms with van der Waals surface area (Å²) in [5.41, 5.74) is 2.15. The molecule has 2 aromatic rings. The van der Waals surface area contributed by atoms with Gasteiger partial charge in [-0.1, -0.05) is 42.3 Å². The number of benzene rings is 2. The number of halogens is 3. The zero-order valence-corrected chi connectivity index (χ0v) is 18.6. The summed E-state index contributed by atoms with van der Waals surface area (Å²) in [6.45, 7) is 10.3. The molecule has 2 rings (SSSR count). The van der Waals surface area contributed by atoms with Gasteiger partial charge >= 0.3 is 0 Å². The van der Waals surface area contributed by atoms with Gasteiger partial charge in [0.25, 0.3) is 0 Å². The molecule has 2 aromatic carbocycles. The van der Waals surface area contributed by atoms with E-state index in [-0.39, 0.29) is 17.9 Å². The van der Waals surface area contributed by atoms with Crippen molar-refractivity contribution in [3.05, 3.63) is 57.6 Å². The molecule has 3 nitrogen and oxygen atoms in total. The van der Waals surface area contributed by atoms with Crippen LogP contribution in [0.4, 0.5) is 0 Å². The number of hydrogen-bond donors (Lipinski definition) is 1. The van der Waals surface area contributed by atoms with Crippen LogP contribution in [0.3, 0.4) is 0 Å². The van der Waals surface area contributed by atoms with Crippen molar-refractivity contribution in [3.8, 4) is 11.5 Å². The maximum absolute atomic E-state index is 6.22. The Morgan fingerprint density at radius 1 is 0.963 bits per heavy atom. The monoisotopic (exact) mass is 431 g/mol. The van der Waals surface area contributed by atoms with Crippen molar-refractivity contribution in [2.24, 2.45) is 0 Å². The molecule has 0 aliphatic rings. The summed E-state index contributed by atoms with van der Waals surface area (Å²) in [4.78, 5) is 0. The highest BCUT2D eigenvalue weighted by Gasteiger charge is 2.14. The standard InChI is InChI=1S/C21H27Cl2NO2.ClH/c1-5-21(3,4)24-13-15-7-10-19(20(11-15)25-6-2)26-14-16-8-9-17(22)12-18(16)23;/h7-12,24H,5-6,13-14H2,1-4H3;1H. The number of ether oxygens (including phenoxy) is 2. The van der Waals surface area contributed by atoms with E-state index < -0.39 is 0 Å². The second-order valence-corrected chi connectivity index (χ2v) is 7.67. The van der Waals surface area contributed by atoms with E-state index in [0.717, 1.165) is 29.8 Å². The molecule has 0 fully saturated rings. The molecule has 0 aromatic heterocycles. The van der Waals surface area contributed by atoms with E-state index in [9.17, 15) is 0 Å². The predicted octanol–water partition coefficient (Wildman–Crippen LogP) is 6.67. The average Bonchev–Trinajstić information content (AvgIpc) is 2.61. The van der Waals surface area contributed by atoms with Gasteiger partial charge in [-0.25, -0.2) is 0 Å². The minimum absolute atomic E-state index is 0. The van der Waals surface area contributed by atoms with Crippen molar-refractivity contribution in [3.63, 3.8) is 0 Å². The predicted molar refractivity (Wildman–Crippen MR) is 117 cm³/mol. The number of nitrogens with one attached hydrogen (secondary N) is 1. The fraction of sp³-hybridized carbons (Fsp3) is 0.429. The second kappa shape index (κ2) is 11.0. The molecule has 0 saturated heterocycles. The van der Waals surface area contributed by atoms with E-state index in [1.54, 1.807) is 12.1 Å². The summed E-state index contributed by atoms with van der Waals surface area (Å²) in [7, 11) is 0. The molecule has 0 saturated carbocycles. The van der Waals surface area contributed by atoms with Gasteiger partial charge in [-0.3, -0.25) is 0 Å². The smallest absolute Gasteiger partial charge is 0.161 e. The molecule has 0 atom stereocenters. The third-order valence-electron chi connectivity index (χ3n) is 4.36.